The second kappa shape index (κ2) is 8.18. The molecule has 1 aromatic heterocycles. The highest BCUT2D eigenvalue weighted by Crippen LogP contribution is 2.28. The molecule has 0 saturated carbocycles. The number of nitro groups is 1. The third kappa shape index (κ3) is 4.83. The summed E-state index contributed by atoms with van der Waals surface area (Å²) in [5.74, 6) is -0.266. The van der Waals surface area contributed by atoms with Crippen LogP contribution in [0.25, 0.3) is 11.5 Å². The second-order valence-electron chi connectivity index (χ2n) is 6.40. The molecule has 9 nitrogen and oxygen atoms in total. The number of benzene rings is 1. The topological polar surface area (TPSA) is 135 Å². The Morgan fingerprint density at radius 2 is 2.11 bits per heavy atom. The third-order valence-corrected chi connectivity index (χ3v) is 5.06. The van der Waals surface area contributed by atoms with Crippen LogP contribution in [0.15, 0.2) is 33.9 Å². The summed E-state index contributed by atoms with van der Waals surface area (Å²) in [5, 5.41) is 30.2. The fraction of sp³-hybridized carbons (Fsp3) is 0.412. The van der Waals surface area contributed by atoms with Gasteiger partial charge < -0.3 is 9.73 Å². The van der Waals surface area contributed by atoms with Crippen molar-refractivity contribution in [2.75, 3.05) is 0 Å². The van der Waals surface area contributed by atoms with Crippen LogP contribution in [0, 0.1) is 27.4 Å². The van der Waals surface area contributed by atoms with E-state index in [0.29, 0.717) is 5.56 Å². The van der Waals surface area contributed by atoms with Crippen molar-refractivity contribution in [1.82, 2.24) is 15.5 Å². The Morgan fingerprint density at radius 3 is 2.70 bits per heavy atom. The molecule has 142 valence electrons. The summed E-state index contributed by atoms with van der Waals surface area (Å²) in [4.78, 5) is 22.7. The minimum absolute atomic E-state index is 0.0625. The molecule has 0 aliphatic rings. The van der Waals surface area contributed by atoms with Crippen LogP contribution in [0.2, 0.25) is 0 Å². The molecular formula is C17H19N5O4S. The van der Waals surface area contributed by atoms with Gasteiger partial charge in [-0.3, -0.25) is 14.9 Å². The number of non-ortho nitro benzene ring substituents is 1. The maximum Gasteiger partial charge on any atom is 0.277 e. The highest BCUT2D eigenvalue weighted by atomic mass is 32.2. The van der Waals surface area contributed by atoms with Crippen molar-refractivity contribution in [1.29, 1.82) is 5.26 Å². The molecule has 1 N–H and O–H groups in total. The first-order chi connectivity index (χ1) is 12.7. The summed E-state index contributed by atoms with van der Waals surface area (Å²) in [6, 6.07) is 7.96. The van der Waals surface area contributed by atoms with Crippen molar-refractivity contribution in [3.63, 3.8) is 0 Å². The Bertz CT molecular complexity index is 891. The van der Waals surface area contributed by atoms with Crippen LogP contribution < -0.4 is 5.32 Å². The molecule has 1 heterocycles. The largest absolute Gasteiger partial charge is 0.411 e. The molecule has 2 aromatic rings. The van der Waals surface area contributed by atoms with Crippen LogP contribution in [0.1, 0.15) is 27.7 Å². The van der Waals surface area contributed by atoms with Crippen LogP contribution in [-0.2, 0) is 4.79 Å². The van der Waals surface area contributed by atoms with E-state index < -0.39 is 15.7 Å². The standard InChI is InChI=1S/C17H19N5O4S/c1-10(2)17(4,9-18)19-14(23)11(3)27-16-21-20-15(26-16)12-6-5-7-13(8-12)22(24)25/h5-8,10-11H,1-4H3,(H,19,23)/t11-,17-/m1/s1. The molecule has 0 fully saturated rings. The average molecular weight is 389 g/mol. The normalized spacial score (nSPS) is 14.2. The first-order valence-electron chi connectivity index (χ1n) is 8.14. The van der Waals surface area contributed by atoms with Crippen molar-refractivity contribution in [3.8, 4) is 17.5 Å². The Kier molecular flexibility index (Phi) is 6.17. The van der Waals surface area contributed by atoms with Crippen LogP contribution in [0.3, 0.4) is 0 Å². The predicted molar refractivity (Wildman–Crippen MR) is 98.7 cm³/mol. The molecule has 0 aliphatic heterocycles. The SMILES string of the molecule is CC(C)[C@@](C)(C#N)NC(=O)[C@@H](C)Sc1nnc(-c2cccc([N+](=O)[O-])c2)o1. The number of nitriles is 1. The van der Waals surface area contributed by atoms with E-state index in [-0.39, 0.29) is 28.6 Å². The molecule has 0 saturated heterocycles. The quantitative estimate of drug-likeness (QED) is 0.433. The van der Waals surface area contributed by atoms with Gasteiger partial charge in [0, 0.05) is 17.7 Å². The minimum Gasteiger partial charge on any atom is -0.411 e. The molecule has 0 unspecified atom stereocenters. The van der Waals surface area contributed by atoms with Gasteiger partial charge in [0.2, 0.25) is 11.8 Å². The minimum atomic E-state index is -0.977. The van der Waals surface area contributed by atoms with E-state index in [0.717, 1.165) is 11.8 Å². The zero-order chi connectivity index (χ0) is 20.2. The number of rotatable bonds is 7. The van der Waals surface area contributed by atoms with Crippen LogP contribution in [0.4, 0.5) is 5.69 Å². The summed E-state index contributed by atoms with van der Waals surface area (Å²) in [6.45, 7) is 7.03. The van der Waals surface area contributed by atoms with Crippen molar-refractivity contribution in [2.45, 2.75) is 43.7 Å². The Labute approximate surface area is 160 Å². The zero-order valence-corrected chi connectivity index (χ0v) is 16.1. The molecular weight excluding hydrogens is 370 g/mol. The van der Waals surface area contributed by atoms with Gasteiger partial charge in [-0.25, -0.2) is 0 Å². The van der Waals surface area contributed by atoms with Crippen molar-refractivity contribution in [3.05, 3.63) is 34.4 Å². The number of hydrogen-bond acceptors (Lipinski definition) is 8. The number of amides is 1. The number of carbonyl (C=O) groups excluding carboxylic acids is 1. The van der Waals surface area contributed by atoms with Crippen LogP contribution in [0.5, 0.6) is 0 Å². The number of thioether (sulfide) groups is 1. The first-order valence-corrected chi connectivity index (χ1v) is 9.02. The van der Waals surface area contributed by atoms with Crippen LogP contribution >= 0.6 is 11.8 Å². The smallest absolute Gasteiger partial charge is 0.277 e. The van der Waals surface area contributed by atoms with Gasteiger partial charge in [0.25, 0.3) is 10.9 Å². The zero-order valence-electron chi connectivity index (χ0n) is 15.3. The first kappa shape index (κ1) is 20.4. The Hall–Kier alpha value is -2.93. The van der Waals surface area contributed by atoms with Crippen molar-refractivity contribution in [2.24, 2.45) is 5.92 Å². The van der Waals surface area contributed by atoms with Gasteiger partial charge in [-0.05, 0) is 25.8 Å². The number of nitrogens with zero attached hydrogens (tertiary/aromatic N) is 4. The summed E-state index contributed by atoms with van der Waals surface area (Å²) in [5.41, 5.74) is -0.649. The maximum atomic E-state index is 12.4. The molecule has 0 spiro atoms. The lowest BCUT2D eigenvalue weighted by Gasteiger charge is -2.28. The van der Waals surface area contributed by atoms with Gasteiger partial charge in [0.15, 0.2) is 0 Å². The summed E-state index contributed by atoms with van der Waals surface area (Å²) >= 11 is 1.04. The van der Waals surface area contributed by atoms with Gasteiger partial charge in [-0.1, -0.05) is 31.7 Å². The van der Waals surface area contributed by atoms with Gasteiger partial charge in [-0.15, -0.1) is 10.2 Å². The molecule has 27 heavy (non-hydrogen) atoms. The molecule has 2 rings (SSSR count). The molecule has 1 amide bonds. The van der Waals surface area contributed by atoms with Crippen molar-refractivity contribution >= 4 is 23.4 Å². The predicted octanol–water partition coefficient (Wildman–Crippen LogP) is 3.18. The fourth-order valence-electron chi connectivity index (χ4n) is 1.99. The molecule has 0 aliphatic carbocycles. The summed E-state index contributed by atoms with van der Waals surface area (Å²) < 4.78 is 5.50. The Morgan fingerprint density at radius 1 is 1.41 bits per heavy atom. The lowest BCUT2D eigenvalue weighted by atomic mass is 9.90. The van der Waals surface area contributed by atoms with Gasteiger partial charge in [-0.2, -0.15) is 5.26 Å². The van der Waals surface area contributed by atoms with Gasteiger partial charge in [0.05, 0.1) is 16.2 Å². The molecule has 0 bridgehead atoms. The maximum absolute atomic E-state index is 12.4. The van der Waals surface area contributed by atoms with E-state index in [1.54, 1.807) is 19.9 Å². The number of hydrogen-bond donors (Lipinski definition) is 1. The summed E-state index contributed by atoms with van der Waals surface area (Å²) in [6.07, 6.45) is 0. The van der Waals surface area contributed by atoms with E-state index >= 15 is 0 Å². The highest BCUT2D eigenvalue weighted by Gasteiger charge is 2.32. The van der Waals surface area contributed by atoms with E-state index in [2.05, 4.69) is 21.6 Å². The molecule has 10 heteroatoms. The van der Waals surface area contributed by atoms with Gasteiger partial charge in [0.1, 0.15) is 5.54 Å². The van der Waals surface area contributed by atoms with E-state index in [9.17, 15) is 20.2 Å². The van der Waals surface area contributed by atoms with Crippen LogP contribution in [-0.4, -0.2) is 31.8 Å². The number of carbonyl (C=O) groups is 1. The van der Waals surface area contributed by atoms with Crippen molar-refractivity contribution < 1.29 is 14.1 Å². The number of nitrogens with one attached hydrogen (secondary N) is 1. The van der Waals surface area contributed by atoms with E-state index in [1.807, 2.05) is 13.8 Å². The lowest BCUT2D eigenvalue weighted by molar-refractivity contribution is -0.384. The Balaban J connectivity index is 2.09. The van der Waals surface area contributed by atoms with E-state index in [1.165, 1.54) is 18.2 Å². The molecule has 0 radical (unpaired) electrons. The monoisotopic (exact) mass is 389 g/mol. The lowest BCUT2D eigenvalue weighted by Crippen LogP contribution is -2.51. The second-order valence-corrected chi connectivity index (χ2v) is 7.69. The number of aromatic nitrogens is 2. The highest BCUT2D eigenvalue weighted by molar-refractivity contribution is 8.00. The average Bonchev–Trinajstić information content (AvgIpc) is 3.09. The van der Waals surface area contributed by atoms with Gasteiger partial charge >= 0.3 is 0 Å². The summed E-state index contributed by atoms with van der Waals surface area (Å²) in [7, 11) is 0. The molecule has 2 atom stereocenters. The number of nitro benzene ring substituents is 1. The third-order valence-electron chi connectivity index (χ3n) is 4.13. The molecule has 1 aromatic carbocycles. The fourth-order valence-corrected chi connectivity index (χ4v) is 2.67. The van der Waals surface area contributed by atoms with E-state index in [4.69, 9.17) is 4.42 Å².